The second kappa shape index (κ2) is 8.79. The van der Waals surface area contributed by atoms with E-state index in [0.717, 1.165) is 18.6 Å². The zero-order chi connectivity index (χ0) is 14.1. The molecule has 0 bridgehead atoms. The first-order valence-electron chi connectivity index (χ1n) is 6.09. The summed E-state index contributed by atoms with van der Waals surface area (Å²) in [7, 11) is 1.61. The quantitative estimate of drug-likeness (QED) is 0.675. The molecule has 0 unspecified atom stereocenters. The molecule has 0 aliphatic carbocycles. The van der Waals surface area contributed by atoms with Crippen LogP contribution in [0, 0.1) is 11.6 Å². The first kappa shape index (κ1) is 15.8. The van der Waals surface area contributed by atoms with Gasteiger partial charge in [-0.25, -0.2) is 8.78 Å². The predicted octanol–water partition coefficient (Wildman–Crippen LogP) is 1.81. The fraction of sp³-hybridized carbons (Fsp3) is 0.538. The lowest BCUT2D eigenvalue weighted by atomic mass is 10.2. The number of halogens is 2. The Kier molecular flexibility index (Phi) is 7.32. The Morgan fingerprint density at radius 3 is 2.47 bits per heavy atom. The summed E-state index contributed by atoms with van der Waals surface area (Å²) in [5, 5.41) is 12.0. The van der Waals surface area contributed by atoms with Crippen LogP contribution in [-0.2, 0) is 16.0 Å². The monoisotopic (exact) mass is 275 g/mol. The summed E-state index contributed by atoms with van der Waals surface area (Å²) in [5.41, 5.74) is 0.452. The molecule has 6 heteroatoms. The van der Waals surface area contributed by atoms with E-state index >= 15 is 0 Å². The smallest absolute Gasteiger partial charge is 0.187 e. The van der Waals surface area contributed by atoms with E-state index in [4.69, 9.17) is 14.6 Å². The fourth-order valence-electron chi connectivity index (χ4n) is 1.50. The molecule has 4 nitrogen and oxygen atoms in total. The van der Waals surface area contributed by atoms with Gasteiger partial charge in [0.05, 0.1) is 13.2 Å². The van der Waals surface area contributed by atoms with Gasteiger partial charge in [0, 0.05) is 20.3 Å². The maximum atomic E-state index is 13.0. The molecule has 0 spiro atoms. The lowest BCUT2D eigenvalue weighted by Gasteiger charge is -2.07. The van der Waals surface area contributed by atoms with Gasteiger partial charge in [0.1, 0.15) is 0 Å². The molecule has 0 aliphatic rings. The maximum Gasteiger partial charge on any atom is 0.187 e. The number of phenols is 1. The first-order valence-corrected chi connectivity index (χ1v) is 6.09. The van der Waals surface area contributed by atoms with Crippen molar-refractivity contribution in [3.05, 3.63) is 29.3 Å². The van der Waals surface area contributed by atoms with Crippen LogP contribution in [0.15, 0.2) is 12.1 Å². The van der Waals surface area contributed by atoms with Gasteiger partial charge in [-0.2, -0.15) is 0 Å². The van der Waals surface area contributed by atoms with Crippen molar-refractivity contribution in [2.45, 2.75) is 13.0 Å². The summed E-state index contributed by atoms with van der Waals surface area (Å²) in [5.74, 6) is -2.82. The van der Waals surface area contributed by atoms with Crippen molar-refractivity contribution in [2.75, 3.05) is 33.5 Å². The highest BCUT2D eigenvalue weighted by Gasteiger charge is 2.08. The first-order chi connectivity index (χ1) is 9.15. The topological polar surface area (TPSA) is 50.7 Å². The van der Waals surface area contributed by atoms with Gasteiger partial charge in [0.15, 0.2) is 17.4 Å². The molecular weight excluding hydrogens is 256 g/mol. The van der Waals surface area contributed by atoms with Crippen molar-refractivity contribution in [3.63, 3.8) is 0 Å². The number of benzene rings is 1. The second-order valence-corrected chi connectivity index (χ2v) is 4.04. The zero-order valence-electron chi connectivity index (χ0n) is 10.9. The Balaban J connectivity index is 2.16. The van der Waals surface area contributed by atoms with E-state index in [2.05, 4.69) is 5.32 Å². The number of rotatable bonds is 9. The molecule has 0 aliphatic heterocycles. The highest BCUT2D eigenvalue weighted by Crippen LogP contribution is 2.21. The van der Waals surface area contributed by atoms with Crippen molar-refractivity contribution in [3.8, 4) is 5.75 Å². The van der Waals surface area contributed by atoms with Crippen molar-refractivity contribution in [1.29, 1.82) is 0 Å². The molecule has 0 aromatic heterocycles. The standard InChI is InChI=1S/C13H19F2NO3/c1-18-5-6-19-4-2-3-16-9-10-7-11(14)13(17)12(15)8-10/h7-8,16-17H,2-6,9H2,1H3. The number of ether oxygens (including phenoxy) is 2. The minimum absolute atomic E-state index is 0.339. The van der Waals surface area contributed by atoms with Crippen molar-refractivity contribution in [1.82, 2.24) is 5.32 Å². The number of methoxy groups -OCH3 is 1. The SMILES string of the molecule is COCCOCCCNCc1cc(F)c(O)c(F)c1. The lowest BCUT2D eigenvalue weighted by molar-refractivity contribution is 0.0695. The predicted molar refractivity (Wildman–Crippen MR) is 67.0 cm³/mol. The van der Waals surface area contributed by atoms with Gasteiger partial charge in [-0.1, -0.05) is 0 Å². The minimum atomic E-state index is -0.945. The lowest BCUT2D eigenvalue weighted by Crippen LogP contribution is -2.17. The van der Waals surface area contributed by atoms with Crippen molar-refractivity contribution in [2.24, 2.45) is 0 Å². The molecular formula is C13H19F2NO3. The Bertz CT molecular complexity index is 365. The number of aromatic hydroxyl groups is 1. The summed E-state index contributed by atoms with van der Waals surface area (Å²) in [6, 6.07) is 2.22. The average Bonchev–Trinajstić information content (AvgIpc) is 2.39. The largest absolute Gasteiger partial charge is 0.503 e. The van der Waals surface area contributed by atoms with Gasteiger partial charge >= 0.3 is 0 Å². The van der Waals surface area contributed by atoms with Crippen LogP contribution in [0.3, 0.4) is 0 Å². The van der Waals surface area contributed by atoms with Crippen LogP contribution in [-0.4, -0.2) is 38.6 Å². The van der Waals surface area contributed by atoms with Crippen LogP contribution in [0.5, 0.6) is 5.75 Å². The third-order valence-electron chi connectivity index (χ3n) is 2.48. The van der Waals surface area contributed by atoms with E-state index < -0.39 is 17.4 Å². The van der Waals surface area contributed by atoms with E-state index in [1.165, 1.54) is 0 Å². The van der Waals surface area contributed by atoms with Gasteiger partial charge in [-0.15, -0.1) is 0 Å². The molecule has 0 fully saturated rings. The van der Waals surface area contributed by atoms with E-state index in [9.17, 15) is 8.78 Å². The summed E-state index contributed by atoms with van der Waals surface area (Å²) in [6.45, 7) is 2.75. The Morgan fingerprint density at radius 1 is 1.16 bits per heavy atom. The van der Waals surface area contributed by atoms with E-state index in [1.54, 1.807) is 7.11 Å². The molecule has 0 saturated heterocycles. The molecule has 1 aromatic rings. The molecule has 0 saturated carbocycles. The fourth-order valence-corrected chi connectivity index (χ4v) is 1.50. The van der Waals surface area contributed by atoms with Crippen LogP contribution in [0.4, 0.5) is 8.78 Å². The Morgan fingerprint density at radius 2 is 1.84 bits per heavy atom. The summed E-state index contributed by atoms with van der Waals surface area (Å²) in [6.07, 6.45) is 0.798. The summed E-state index contributed by atoms with van der Waals surface area (Å²) in [4.78, 5) is 0. The van der Waals surface area contributed by atoms with E-state index in [0.29, 0.717) is 38.5 Å². The highest BCUT2D eigenvalue weighted by atomic mass is 19.1. The van der Waals surface area contributed by atoms with Gasteiger partial charge in [-0.3, -0.25) is 0 Å². The van der Waals surface area contributed by atoms with Gasteiger partial charge in [-0.05, 0) is 30.7 Å². The van der Waals surface area contributed by atoms with Gasteiger partial charge < -0.3 is 19.9 Å². The van der Waals surface area contributed by atoms with Crippen molar-refractivity contribution >= 4 is 0 Å². The Hall–Kier alpha value is -1.24. The van der Waals surface area contributed by atoms with Crippen molar-refractivity contribution < 1.29 is 23.4 Å². The molecule has 0 heterocycles. The molecule has 2 N–H and O–H groups in total. The molecule has 19 heavy (non-hydrogen) atoms. The van der Waals surface area contributed by atoms with E-state index in [1.807, 2.05) is 0 Å². The normalized spacial score (nSPS) is 10.9. The molecule has 1 aromatic carbocycles. The number of phenolic OH excluding ortho intramolecular Hbond substituents is 1. The number of hydrogen-bond acceptors (Lipinski definition) is 4. The van der Waals surface area contributed by atoms with Crippen LogP contribution < -0.4 is 5.32 Å². The van der Waals surface area contributed by atoms with Crippen LogP contribution in [0.25, 0.3) is 0 Å². The average molecular weight is 275 g/mol. The summed E-state index contributed by atoms with van der Waals surface area (Å²) >= 11 is 0. The summed E-state index contributed by atoms with van der Waals surface area (Å²) < 4.78 is 36.2. The molecule has 108 valence electrons. The third kappa shape index (κ3) is 5.96. The Labute approximate surface area is 111 Å². The minimum Gasteiger partial charge on any atom is -0.503 e. The molecule has 0 atom stereocenters. The maximum absolute atomic E-state index is 13.0. The van der Waals surface area contributed by atoms with Gasteiger partial charge in [0.25, 0.3) is 0 Å². The highest BCUT2D eigenvalue weighted by molar-refractivity contribution is 5.29. The van der Waals surface area contributed by atoms with Crippen LogP contribution in [0.1, 0.15) is 12.0 Å². The molecule has 1 rings (SSSR count). The molecule has 0 radical (unpaired) electrons. The van der Waals surface area contributed by atoms with Crippen LogP contribution >= 0.6 is 0 Å². The van der Waals surface area contributed by atoms with E-state index in [-0.39, 0.29) is 0 Å². The number of nitrogens with one attached hydrogen (secondary N) is 1. The molecule has 0 amide bonds. The third-order valence-corrected chi connectivity index (χ3v) is 2.48. The second-order valence-electron chi connectivity index (χ2n) is 4.04. The van der Waals surface area contributed by atoms with Crippen LogP contribution in [0.2, 0.25) is 0 Å². The van der Waals surface area contributed by atoms with Gasteiger partial charge in [0.2, 0.25) is 0 Å². The zero-order valence-corrected chi connectivity index (χ0v) is 10.9. The number of hydrogen-bond donors (Lipinski definition) is 2.